The number of pyridine rings is 1. The Bertz CT molecular complexity index is 1430. The van der Waals surface area contributed by atoms with E-state index in [2.05, 4.69) is 30.7 Å². The van der Waals surface area contributed by atoms with Crippen molar-refractivity contribution in [3.05, 3.63) is 42.5 Å². The fourth-order valence-corrected chi connectivity index (χ4v) is 5.51. The number of hydrogen-bond acceptors (Lipinski definition) is 10. The first-order chi connectivity index (χ1) is 17.3. The van der Waals surface area contributed by atoms with Gasteiger partial charge < -0.3 is 15.7 Å². The summed E-state index contributed by atoms with van der Waals surface area (Å²) in [5.74, 6) is 1.43. The van der Waals surface area contributed by atoms with Crippen molar-refractivity contribution >= 4 is 33.1 Å². The first-order valence-corrected chi connectivity index (χ1v) is 13.7. The Morgan fingerprint density at radius 3 is 2.67 bits per heavy atom. The lowest BCUT2D eigenvalue weighted by Crippen LogP contribution is -2.17. The van der Waals surface area contributed by atoms with Crippen molar-refractivity contribution in [2.24, 2.45) is 5.92 Å². The Labute approximate surface area is 208 Å². The molecule has 0 saturated heterocycles. The summed E-state index contributed by atoms with van der Waals surface area (Å²) in [7, 11) is -3.47. The van der Waals surface area contributed by atoms with E-state index in [0.717, 1.165) is 29.8 Å². The third kappa shape index (κ3) is 4.82. The highest BCUT2D eigenvalue weighted by molar-refractivity contribution is 7.90. The zero-order chi connectivity index (χ0) is 24.9. The maximum atomic E-state index is 12.8. The average Bonchev–Trinajstić information content (AvgIpc) is 3.74. The summed E-state index contributed by atoms with van der Waals surface area (Å²) in [5.41, 5.74) is 1.14. The highest BCUT2D eigenvalue weighted by atomic mass is 32.2. The molecule has 0 aromatic carbocycles. The monoisotopic (exact) mass is 509 g/mol. The molecule has 11 nitrogen and oxygen atoms in total. The lowest BCUT2D eigenvalue weighted by molar-refractivity contribution is 0.0968. The molecule has 0 radical (unpaired) electrons. The van der Waals surface area contributed by atoms with Crippen molar-refractivity contribution in [3.63, 3.8) is 0 Å². The molecule has 0 amide bonds. The molecule has 0 unspecified atom stereocenters. The number of Topliss-reactive ketones (excluding diaryl/α,β-unsaturated/α-hetero) is 1. The van der Waals surface area contributed by atoms with Crippen LogP contribution in [0.2, 0.25) is 0 Å². The molecule has 36 heavy (non-hydrogen) atoms. The van der Waals surface area contributed by atoms with Crippen LogP contribution in [0.25, 0.3) is 11.4 Å². The molecule has 12 heteroatoms. The van der Waals surface area contributed by atoms with Crippen LogP contribution in [0.4, 0.5) is 17.3 Å². The topological polar surface area (TPSA) is 152 Å². The fraction of sp³-hybridized carbons (Fsp3) is 0.458. The second-order valence-corrected chi connectivity index (χ2v) is 12.0. The summed E-state index contributed by atoms with van der Waals surface area (Å²) < 4.78 is 25.9. The molecule has 188 valence electrons. The van der Waals surface area contributed by atoms with E-state index in [-0.39, 0.29) is 17.0 Å². The molecule has 0 atom stereocenters. The number of anilines is 3. The van der Waals surface area contributed by atoms with E-state index in [0.29, 0.717) is 60.1 Å². The standard InChI is InChI=1S/C24H27N7O4S/c32-22(15-1-2-15)18-13-27-21(11-19(18)25-10-8-24(33)6-7-24)29-20-5-9-26-23(30-20)16-12-28-31(14-16)36(34,35)17-3-4-17/h5,9,11-15,17,33H,1-4,6-8,10H2,(H2,25,26,27,29,30). The number of carbonyl (C=O) groups is 1. The largest absolute Gasteiger partial charge is 0.390 e. The van der Waals surface area contributed by atoms with Gasteiger partial charge in [0.15, 0.2) is 11.6 Å². The van der Waals surface area contributed by atoms with Gasteiger partial charge in [0.1, 0.15) is 11.6 Å². The molecule has 0 aliphatic heterocycles. The average molecular weight is 510 g/mol. The minimum Gasteiger partial charge on any atom is -0.390 e. The van der Waals surface area contributed by atoms with Gasteiger partial charge in [-0.05, 0) is 51.0 Å². The summed E-state index contributed by atoms with van der Waals surface area (Å²) in [6.07, 6.45) is 11.4. The number of nitrogens with zero attached hydrogens (tertiary/aromatic N) is 5. The van der Waals surface area contributed by atoms with Gasteiger partial charge in [0.25, 0.3) is 10.0 Å². The Kier molecular flexibility index (Phi) is 5.52. The number of aromatic nitrogens is 5. The van der Waals surface area contributed by atoms with Crippen LogP contribution in [-0.2, 0) is 10.0 Å². The van der Waals surface area contributed by atoms with Crippen molar-refractivity contribution in [2.75, 3.05) is 17.2 Å². The van der Waals surface area contributed by atoms with Gasteiger partial charge in [-0.25, -0.2) is 23.4 Å². The number of ketones is 1. The van der Waals surface area contributed by atoms with Crippen LogP contribution in [0.3, 0.4) is 0 Å². The van der Waals surface area contributed by atoms with Gasteiger partial charge in [0.2, 0.25) is 0 Å². The minimum atomic E-state index is -3.47. The van der Waals surface area contributed by atoms with Crippen molar-refractivity contribution in [1.29, 1.82) is 0 Å². The number of hydrogen-bond donors (Lipinski definition) is 3. The van der Waals surface area contributed by atoms with Crippen LogP contribution in [-0.4, -0.2) is 60.8 Å². The second kappa shape index (κ2) is 8.63. The summed E-state index contributed by atoms with van der Waals surface area (Å²) in [5, 5.41) is 20.2. The van der Waals surface area contributed by atoms with Crippen LogP contribution in [0.5, 0.6) is 0 Å². The lowest BCUT2D eigenvalue weighted by Gasteiger charge is -2.15. The van der Waals surface area contributed by atoms with Crippen LogP contribution in [0.1, 0.15) is 55.3 Å². The number of rotatable bonds is 11. The predicted molar refractivity (Wildman–Crippen MR) is 132 cm³/mol. The summed E-state index contributed by atoms with van der Waals surface area (Å²) in [4.78, 5) is 25.9. The molecule has 6 rings (SSSR count). The maximum absolute atomic E-state index is 12.8. The molecule has 3 aliphatic rings. The lowest BCUT2D eigenvalue weighted by atomic mass is 10.1. The first kappa shape index (κ1) is 23.0. The number of carbonyl (C=O) groups excluding carboxylic acids is 1. The highest BCUT2D eigenvalue weighted by Crippen LogP contribution is 2.39. The Morgan fingerprint density at radius 2 is 1.94 bits per heavy atom. The summed E-state index contributed by atoms with van der Waals surface area (Å²) in [6, 6.07) is 3.45. The van der Waals surface area contributed by atoms with Gasteiger partial charge >= 0.3 is 0 Å². The molecular formula is C24H27N7O4S. The molecule has 0 spiro atoms. The van der Waals surface area contributed by atoms with E-state index >= 15 is 0 Å². The van der Waals surface area contributed by atoms with E-state index in [4.69, 9.17) is 0 Å². The molecular weight excluding hydrogens is 482 g/mol. The highest BCUT2D eigenvalue weighted by Gasteiger charge is 2.40. The normalized spacial score (nSPS) is 18.6. The molecule has 3 aromatic heterocycles. The zero-order valence-corrected chi connectivity index (χ0v) is 20.4. The van der Waals surface area contributed by atoms with Gasteiger partial charge in [-0.1, -0.05) is 0 Å². The van der Waals surface area contributed by atoms with Gasteiger partial charge in [-0.15, -0.1) is 0 Å². The van der Waals surface area contributed by atoms with Crippen LogP contribution in [0.15, 0.2) is 36.9 Å². The summed E-state index contributed by atoms with van der Waals surface area (Å²) in [6.45, 7) is 0.552. The maximum Gasteiger partial charge on any atom is 0.256 e. The van der Waals surface area contributed by atoms with Crippen molar-refractivity contribution in [2.45, 2.75) is 55.8 Å². The van der Waals surface area contributed by atoms with Gasteiger partial charge in [0, 0.05) is 30.9 Å². The molecule has 3 N–H and O–H groups in total. The molecule has 3 saturated carbocycles. The second-order valence-electron chi connectivity index (χ2n) is 9.89. The van der Waals surface area contributed by atoms with Crippen LogP contribution in [0, 0.1) is 5.92 Å². The molecule has 3 aliphatic carbocycles. The summed E-state index contributed by atoms with van der Waals surface area (Å²) >= 11 is 0. The van der Waals surface area contributed by atoms with E-state index in [9.17, 15) is 18.3 Å². The SMILES string of the molecule is O=C(c1cnc(Nc2ccnc(-c3cnn(S(=O)(=O)C4CC4)c3)n2)cc1NCCC1(O)CC1)C1CC1. The first-order valence-electron chi connectivity index (χ1n) is 12.2. The smallest absolute Gasteiger partial charge is 0.256 e. The Hall–Kier alpha value is -3.38. The van der Waals surface area contributed by atoms with Crippen LogP contribution < -0.4 is 10.6 Å². The third-order valence-corrected chi connectivity index (χ3v) is 8.82. The van der Waals surface area contributed by atoms with E-state index in [1.54, 1.807) is 24.5 Å². The molecule has 0 bridgehead atoms. The quantitative estimate of drug-likeness (QED) is 0.329. The van der Waals surface area contributed by atoms with Crippen molar-refractivity contribution < 1.29 is 18.3 Å². The Balaban J connectivity index is 1.21. The fourth-order valence-electron chi connectivity index (χ4n) is 4.03. The van der Waals surface area contributed by atoms with Crippen molar-refractivity contribution in [1.82, 2.24) is 24.1 Å². The van der Waals surface area contributed by atoms with E-state index < -0.39 is 15.6 Å². The number of nitrogens with one attached hydrogen (secondary N) is 2. The third-order valence-electron chi connectivity index (χ3n) is 6.79. The molecule has 3 aromatic rings. The van der Waals surface area contributed by atoms with Gasteiger partial charge in [-0.3, -0.25) is 4.79 Å². The molecule has 3 heterocycles. The van der Waals surface area contributed by atoms with Crippen molar-refractivity contribution in [3.8, 4) is 11.4 Å². The zero-order valence-electron chi connectivity index (χ0n) is 19.6. The van der Waals surface area contributed by atoms with Crippen LogP contribution >= 0.6 is 0 Å². The number of aliphatic hydroxyl groups is 1. The van der Waals surface area contributed by atoms with Gasteiger partial charge in [-0.2, -0.15) is 9.19 Å². The predicted octanol–water partition coefficient (Wildman–Crippen LogP) is 2.74. The van der Waals surface area contributed by atoms with E-state index in [1.165, 1.54) is 12.4 Å². The molecule has 3 fully saturated rings. The van der Waals surface area contributed by atoms with Gasteiger partial charge in [0.05, 0.1) is 40.1 Å². The Morgan fingerprint density at radius 1 is 1.14 bits per heavy atom. The minimum absolute atomic E-state index is 0.0628. The van der Waals surface area contributed by atoms with E-state index in [1.807, 2.05) is 0 Å².